The number of hydrogen-bond acceptors (Lipinski definition) is 6. The highest BCUT2D eigenvalue weighted by atomic mass is 16.6. The van der Waals surface area contributed by atoms with Crippen LogP contribution in [0.15, 0.2) is 0 Å². The second kappa shape index (κ2) is 17.2. The summed E-state index contributed by atoms with van der Waals surface area (Å²) in [6.45, 7) is 19.1. The Morgan fingerprint density at radius 1 is 0.574 bits per heavy atom. The minimum atomic E-state index is -0.427. The van der Waals surface area contributed by atoms with E-state index in [4.69, 9.17) is 18.9 Å². The monoisotopic (exact) mass is 661 g/mol. The van der Waals surface area contributed by atoms with Crippen LogP contribution in [-0.4, -0.2) is 49.6 Å². The zero-order chi connectivity index (χ0) is 34.2. The van der Waals surface area contributed by atoms with Gasteiger partial charge in [0.1, 0.15) is 24.2 Å². The third kappa shape index (κ3) is 12.0. The van der Waals surface area contributed by atoms with Crippen LogP contribution in [0.5, 0.6) is 0 Å². The molecular formula is C41H72O6. The van der Waals surface area contributed by atoms with Gasteiger partial charge in [-0.1, -0.05) is 107 Å². The van der Waals surface area contributed by atoms with Gasteiger partial charge >= 0.3 is 11.9 Å². The van der Waals surface area contributed by atoms with Crippen LogP contribution in [0.25, 0.3) is 0 Å². The number of carbonyl (C=O) groups excluding carboxylic acids is 2. The van der Waals surface area contributed by atoms with Crippen LogP contribution in [0.2, 0.25) is 0 Å². The van der Waals surface area contributed by atoms with E-state index >= 15 is 0 Å². The Kier molecular flexibility index (Phi) is 14.1. The first kappa shape index (κ1) is 38.7. The second-order valence-corrected chi connectivity index (χ2v) is 18.8. The fourth-order valence-corrected chi connectivity index (χ4v) is 8.70. The van der Waals surface area contributed by atoms with E-state index in [1.165, 1.54) is 64.2 Å². The maximum absolute atomic E-state index is 12.8. The molecule has 0 N–H and O–H groups in total. The molecular weight excluding hydrogens is 588 g/mol. The Hall–Kier alpha value is -1.14. The van der Waals surface area contributed by atoms with Crippen molar-refractivity contribution in [3.05, 3.63) is 0 Å². The normalized spacial score (nSPS) is 32.3. The maximum atomic E-state index is 12.8. The van der Waals surface area contributed by atoms with Crippen molar-refractivity contribution >= 4 is 11.9 Å². The molecule has 6 nitrogen and oxygen atoms in total. The summed E-state index contributed by atoms with van der Waals surface area (Å²) in [4.78, 5) is 25.4. The van der Waals surface area contributed by atoms with E-state index < -0.39 is 12.0 Å². The molecule has 6 fully saturated rings. The van der Waals surface area contributed by atoms with E-state index in [0.717, 1.165) is 63.2 Å². The van der Waals surface area contributed by atoms with Crippen LogP contribution in [0.1, 0.15) is 171 Å². The summed E-state index contributed by atoms with van der Waals surface area (Å²) in [5, 5.41) is 0. The van der Waals surface area contributed by atoms with Crippen LogP contribution < -0.4 is 0 Å². The summed E-state index contributed by atoms with van der Waals surface area (Å²) < 4.78 is 23.3. The van der Waals surface area contributed by atoms with E-state index in [1.54, 1.807) is 0 Å². The number of carbonyl (C=O) groups is 2. The molecule has 0 aromatic rings. The quantitative estimate of drug-likeness (QED) is 0.273. The molecule has 4 atom stereocenters. The summed E-state index contributed by atoms with van der Waals surface area (Å²) >= 11 is 0. The van der Waals surface area contributed by atoms with E-state index in [2.05, 4.69) is 55.4 Å². The number of esters is 2. The van der Waals surface area contributed by atoms with Gasteiger partial charge in [-0.05, 0) is 92.3 Å². The lowest BCUT2D eigenvalue weighted by atomic mass is 9.73. The molecule has 6 heteroatoms. The number of fused-ring (bicyclic) bond motifs is 1. The number of rotatable bonds is 5. The zero-order valence-electron chi connectivity index (χ0n) is 31.7. The van der Waals surface area contributed by atoms with Gasteiger partial charge in [-0.15, -0.1) is 0 Å². The summed E-state index contributed by atoms with van der Waals surface area (Å²) in [7, 11) is 0. The molecule has 47 heavy (non-hydrogen) atoms. The van der Waals surface area contributed by atoms with E-state index in [1.807, 2.05) is 0 Å². The molecule has 2 aliphatic heterocycles. The average molecular weight is 661 g/mol. The summed E-state index contributed by atoms with van der Waals surface area (Å²) in [5.41, 5.74) is 1.33. The molecule has 272 valence electrons. The Morgan fingerprint density at radius 2 is 1.09 bits per heavy atom. The van der Waals surface area contributed by atoms with Crippen molar-refractivity contribution in [3.8, 4) is 0 Å². The largest absolute Gasteiger partial charge is 0.462 e. The van der Waals surface area contributed by atoms with Gasteiger partial charge in [0.25, 0.3) is 0 Å². The molecule has 0 spiro atoms. The first-order chi connectivity index (χ1) is 22.1. The average Bonchev–Trinajstić information content (AvgIpc) is 3.62. The Bertz CT molecular complexity index is 950. The van der Waals surface area contributed by atoms with Crippen molar-refractivity contribution in [3.63, 3.8) is 0 Å². The molecule has 4 aliphatic carbocycles. The third-order valence-electron chi connectivity index (χ3n) is 12.6. The fraction of sp³-hybridized carbons (Fsp3) is 0.951. The van der Waals surface area contributed by atoms with Gasteiger partial charge in [0, 0.05) is 0 Å². The molecule has 6 aliphatic rings. The van der Waals surface area contributed by atoms with Crippen LogP contribution in [0.3, 0.4) is 0 Å². The second-order valence-electron chi connectivity index (χ2n) is 18.8. The smallest absolute Gasteiger partial charge is 0.314 e. The van der Waals surface area contributed by atoms with Gasteiger partial charge in [-0.25, -0.2) is 0 Å². The van der Waals surface area contributed by atoms with E-state index in [0.29, 0.717) is 22.9 Å². The van der Waals surface area contributed by atoms with Crippen molar-refractivity contribution < 1.29 is 28.5 Å². The van der Waals surface area contributed by atoms with Crippen molar-refractivity contribution in [2.45, 2.75) is 195 Å². The predicted molar refractivity (Wildman–Crippen MR) is 189 cm³/mol. The Labute approximate surface area is 288 Å². The van der Waals surface area contributed by atoms with Crippen molar-refractivity contribution in [1.82, 2.24) is 0 Å². The van der Waals surface area contributed by atoms with Crippen LogP contribution in [0, 0.1) is 39.9 Å². The molecule has 0 amide bonds. The van der Waals surface area contributed by atoms with Crippen molar-refractivity contribution in [2.75, 3.05) is 13.2 Å². The lowest BCUT2D eigenvalue weighted by Crippen LogP contribution is -2.38. The van der Waals surface area contributed by atoms with Crippen molar-refractivity contribution in [1.29, 1.82) is 0 Å². The van der Waals surface area contributed by atoms with Gasteiger partial charge in [0.2, 0.25) is 0 Å². The molecule has 1 unspecified atom stereocenters. The molecule has 0 radical (unpaired) electrons. The first-order valence-corrected chi connectivity index (χ1v) is 19.8. The summed E-state index contributed by atoms with van der Waals surface area (Å²) in [5.74, 6) is 1.16. The summed E-state index contributed by atoms with van der Waals surface area (Å²) in [6, 6.07) is 0. The fourth-order valence-electron chi connectivity index (χ4n) is 8.70. The highest BCUT2D eigenvalue weighted by Crippen LogP contribution is 2.41. The van der Waals surface area contributed by atoms with Gasteiger partial charge in [0.15, 0.2) is 6.10 Å². The lowest BCUT2D eigenvalue weighted by Gasteiger charge is -2.34. The van der Waals surface area contributed by atoms with Crippen LogP contribution in [-0.2, 0) is 28.5 Å². The Balaban J connectivity index is 0.000000238. The molecule has 4 saturated carbocycles. The number of hydrogen-bond donors (Lipinski definition) is 0. The first-order valence-electron chi connectivity index (χ1n) is 19.8. The maximum Gasteiger partial charge on any atom is 0.314 e. The summed E-state index contributed by atoms with van der Waals surface area (Å²) in [6.07, 6.45) is 21.4. The SMILES string of the molecule is CC(C)C1CCCCC1.CC1(C)CCC(OC(=O)[C@H]2CO[C@@H]3C(OC(=O)C4CCC(C)(C)CC4)CO[C@H]23)CC1.CC1(C)CCCCC1. The van der Waals surface area contributed by atoms with E-state index in [9.17, 15) is 9.59 Å². The lowest BCUT2D eigenvalue weighted by molar-refractivity contribution is -0.163. The van der Waals surface area contributed by atoms with Gasteiger partial charge < -0.3 is 18.9 Å². The highest BCUT2D eigenvalue weighted by Gasteiger charge is 2.53. The predicted octanol–water partition coefficient (Wildman–Crippen LogP) is 10.2. The Morgan fingerprint density at radius 3 is 1.60 bits per heavy atom. The minimum Gasteiger partial charge on any atom is -0.462 e. The van der Waals surface area contributed by atoms with Gasteiger partial charge in [-0.3, -0.25) is 9.59 Å². The highest BCUT2D eigenvalue weighted by molar-refractivity contribution is 5.74. The molecule has 0 bridgehead atoms. The van der Waals surface area contributed by atoms with Gasteiger partial charge in [-0.2, -0.15) is 0 Å². The van der Waals surface area contributed by atoms with Crippen LogP contribution in [0.4, 0.5) is 0 Å². The molecule has 2 saturated heterocycles. The minimum absolute atomic E-state index is 0.00449. The van der Waals surface area contributed by atoms with Crippen LogP contribution >= 0.6 is 0 Å². The molecule has 0 aromatic carbocycles. The topological polar surface area (TPSA) is 71.1 Å². The molecule has 2 heterocycles. The zero-order valence-corrected chi connectivity index (χ0v) is 31.7. The van der Waals surface area contributed by atoms with E-state index in [-0.39, 0.29) is 42.8 Å². The molecule has 0 aromatic heterocycles. The molecule has 6 rings (SSSR count). The number of ether oxygens (including phenoxy) is 4. The van der Waals surface area contributed by atoms with Crippen molar-refractivity contribution in [2.24, 2.45) is 39.9 Å². The third-order valence-corrected chi connectivity index (χ3v) is 12.6. The van der Waals surface area contributed by atoms with Gasteiger partial charge in [0.05, 0.1) is 19.1 Å². The standard InChI is InChI=1S/C24H38O6.C9H18.C8H16/c1-23(2)9-5-15(6-10-23)21(25)30-18-14-28-19-17(13-27-20(18)19)22(26)29-16-7-11-24(3,4)12-8-16;1-8(2)9-6-4-3-5-7-9;1-8(2)6-4-3-5-7-8/h15-20H,5-14H2,1-4H3;8-9H,3-7H2,1-2H3;3-7H2,1-2H3/t17-,18?,19+,20+;;/m0../s1.